The van der Waals surface area contributed by atoms with Gasteiger partial charge >= 0.3 is 0 Å². The third-order valence-corrected chi connectivity index (χ3v) is 5.10. The maximum absolute atomic E-state index is 5.84. The molecule has 1 aliphatic carbocycles. The maximum Gasteiger partial charge on any atom is 0.191 e. The van der Waals surface area contributed by atoms with Crippen molar-refractivity contribution in [1.29, 1.82) is 0 Å². The molecule has 0 radical (unpaired) electrons. The second-order valence-corrected chi connectivity index (χ2v) is 7.05. The van der Waals surface area contributed by atoms with Crippen molar-refractivity contribution in [2.75, 3.05) is 40.0 Å². The lowest BCUT2D eigenvalue weighted by atomic mass is 9.67. The zero-order valence-electron chi connectivity index (χ0n) is 15.0. The van der Waals surface area contributed by atoms with E-state index >= 15 is 0 Å². The fourth-order valence-corrected chi connectivity index (χ4v) is 3.32. The fraction of sp³-hybridized carbons (Fsp3) is 0.941. The summed E-state index contributed by atoms with van der Waals surface area (Å²) in [6, 6.07) is 0. The van der Waals surface area contributed by atoms with Gasteiger partial charge in [-0.15, -0.1) is 24.0 Å². The fourth-order valence-electron chi connectivity index (χ4n) is 3.32. The Morgan fingerprint density at radius 1 is 1.22 bits per heavy atom. The average molecular weight is 439 g/mol. The van der Waals surface area contributed by atoms with Crippen LogP contribution in [0.4, 0.5) is 0 Å². The number of hydrogen-bond acceptors (Lipinski definition) is 3. The Kier molecular flexibility index (Phi) is 9.15. The van der Waals surface area contributed by atoms with Crippen molar-refractivity contribution < 1.29 is 9.47 Å². The number of ether oxygens (including phenoxy) is 2. The molecular weight excluding hydrogens is 405 g/mol. The highest BCUT2D eigenvalue weighted by atomic mass is 127. The van der Waals surface area contributed by atoms with E-state index in [2.05, 4.69) is 24.5 Å². The minimum absolute atomic E-state index is 0. The molecule has 0 aromatic heterocycles. The Morgan fingerprint density at radius 3 is 2.52 bits per heavy atom. The molecule has 23 heavy (non-hydrogen) atoms. The molecule has 2 N–H and O–H groups in total. The highest BCUT2D eigenvalue weighted by molar-refractivity contribution is 14.0. The Morgan fingerprint density at radius 2 is 2.00 bits per heavy atom. The van der Waals surface area contributed by atoms with Crippen molar-refractivity contribution in [2.24, 2.45) is 10.4 Å². The number of nitrogens with zero attached hydrogens (tertiary/aromatic N) is 1. The van der Waals surface area contributed by atoms with Crippen LogP contribution in [0.25, 0.3) is 0 Å². The molecule has 0 amide bonds. The zero-order valence-corrected chi connectivity index (χ0v) is 17.3. The molecule has 0 spiro atoms. The lowest BCUT2D eigenvalue weighted by molar-refractivity contribution is 0.0242. The Labute approximate surface area is 158 Å². The van der Waals surface area contributed by atoms with Crippen molar-refractivity contribution in [3.05, 3.63) is 0 Å². The highest BCUT2D eigenvalue weighted by Crippen LogP contribution is 2.44. The summed E-state index contributed by atoms with van der Waals surface area (Å²) in [7, 11) is 1.78. The summed E-state index contributed by atoms with van der Waals surface area (Å²) in [6.07, 6.45) is 7.28. The SMILES string of the molecule is CCNC(=NCC1(CCOC)CCC1)NCC1(C)CCCO1.I. The highest BCUT2D eigenvalue weighted by Gasteiger charge is 2.36. The molecular formula is C17H34IN3O2. The standard InChI is InChI=1S/C17H33N3O2.HI/c1-4-18-15(19-13-16(2)7-6-11-22-16)20-14-17(8-5-9-17)10-12-21-3;/h4-14H2,1-3H3,(H2,18,19,20);1H. The van der Waals surface area contributed by atoms with E-state index in [0.29, 0.717) is 5.41 Å². The van der Waals surface area contributed by atoms with Gasteiger partial charge in [-0.25, -0.2) is 0 Å². The molecule has 1 atom stereocenters. The number of halogens is 1. The normalized spacial score (nSPS) is 26.3. The molecule has 1 heterocycles. The first kappa shape index (κ1) is 21.0. The lowest BCUT2D eigenvalue weighted by Crippen LogP contribution is -2.46. The van der Waals surface area contributed by atoms with Gasteiger partial charge < -0.3 is 20.1 Å². The third kappa shape index (κ3) is 6.38. The van der Waals surface area contributed by atoms with Gasteiger partial charge in [0, 0.05) is 40.0 Å². The Hall–Kier alpha value is -0.0800. The molecule has 0 bridgehead atoms. The third-order valence-electron chi connectivity index (χ3n) is 5.10. The van der Waals surface area contributed by atoms with Crippen LogP contribution < -0.4 is 10.6 Å². The van der Waals surface area contributed by atoms with Crippen molar-refractivity contribution >= 4 is 29.9 Å². The molecule has 136 valence electrons. The van der Waals surface area contributed by atoms with Gasteiger partial charge in [0.15, 0.2) is 5.96 Å². The van der Waals surface area contributed by atoms with Gasteiger partial charge in [-0.2, -0.15) is 0 Å². The number of guanidine groups is 1. The van der Waals surface area contributed by atoms with E-state index in [4.69, 9.17) is 14.5 Å². The van der Waals surface area contributed by atoms with E-state index in [9.17, 15) is 0 Å². The second-order valence-electron chi connectivity index (χ2n) is 7.05. The molecule has 0 aromatic rings. The molecule has 1 saturated heterocycles. The topological polar surface area (TPSA) is 54.9 Å². The average Bonchev–Trinajstić information content (AvgIpc) is 2.90. The zero-order chi connectivity index (χ0) is 15.9. The van der Waals surface area contributed by atoms with Crippen molar-refractivity contribution in [3.63, 3.8) is 0 Å². The molecule has 2 fully saturated rings. The van der Waals surface area contributed by atoms with Gasteiger partial charge in [-0.05, 0) is 51.4 Å². The largest absolute Gasteiger partial charge is 0.385 e. The maximum atomic E-state index is 5.84. The van der Waals surface area contributed by atoms with E-state index in [1.165, 1.54) is 19.3 Å². The molecule has 0 aromatic carbocycles. The summed E-state index contributed by atoms with van der Waals surface area (Å²) in [5, 5.41) is 6.82. The van der Waals surface area contributed by atoms with E-state index < -0.39 is 0 Å². The van der Waals surface area contributed by atoms with Crippen LogP contribution in [0.15, 0.2) is 4.99 Å². The van der Waals surface area contributed by atoms with E-state index in [1.54, 1.807) is 7.11 Å². The van der Waals surface area contributed by atoms with Crippen LogP contribution in [-0.2, 0) is 9.47 Å². The van der Waals surface area contributed by atoms with Gasteiger partial charge in [-0.3, -0.25) is 4.99 Å². The van der Waals surface area contributed by atoms with Crippen LogP contribution in [0.2, 0.25) is 0 Å². The monoisotopic (exact) mass is 439 g/mol. The summed E-state index contributed by atoms with van der Waals surface area (Å²) in [6.45, 7) is 8.61. The van der Waals surface area contributed by atoms with Crippen molar-refractivity contribution in [3.8, 4) is 0 Å². The van der Waals surface area contributed by atoms with Crippen LogP contribution in [-0.4, -0.2) is 51.5 Å². The number of rotatable bonds is 8. The Bertz CT molecular complexity index is 367. The summed E-state index contributed by atoms with van der Waals surface area (Å²) in [4.78, 5) is 4.84. The minimum atomic E-state index is -0.0413. The van der Waals surface area contributed by atoms with Crippen LogP contribution in [0, 0.1) is 5.41 Å². The first-order valence-electron chi connectivity index (χ1n) is 8.77. The number of methoxy groups -OCH3 is 1. The summed E-state index contributed by atoms with van der Waals surface area (Å²) < 4.78 is 11.1. The summed E-state index contributed by atoms with van der Waals surface area (Å²) >= 11 is 0. The van der Waals surface area contributed by atoms with Gasteiger partial charge in [0.1, 0.15) is 0 Å². The van der Waals surface area contributed by atoms with Crippen molar-refractivity contribution in [2.45, 2.75) is 58.0 Å². The van der Waals surface area contributed by atoms with Gasteiger partial charge in [0.2, 0.25) is 0 Å². The molecule has 5 nitrogen and oxygen atoms in total. The quantitative estimate of drug-likeness (QED) is 0.347. The Balaban J connectivity index is 0.00000264. The van der Waals surface area contributed by atoms with Gasteiger partial charge in [-0.1, -0.05) is 6.42 Å². The van der Waals surface area contributed by atoms with E-state index in [-0.39, 0.29) is 29.6 Å². The molecule has 2 aliphatic rings. The van der Waals surface area contributed by atoms with Crippen LogP contribution in [0.3, 0.4) is 0 Å². The van der Waals surface area contributed by atoms with E-state index in [1.807, 2.05) is 0 Å². The van der Waals surface area contributed by atoms with Crippen molar-refractivity contribution in [1.82, 2.24) is 10.6 Å². The summed E-state index contributed by atoms with van der Waals surface area (Å²) in [5.74, 6) is 0.919. The van der Waals surface area contributed by atoms with Crippen LogP contribution in [0.1, 0.15) is 52.4 Å². The second kappa shape index (κ2) is 10.0. The summed E-state index contributed by atoms with van der Waals surface area (Å²) in [5.41, 5.74) is 0.326. The molecule has 6 heteroatoms. The predicted molar refractivity (Wildman–Crippen MR) is 106 cm³/mol. The molecule has 1 aliphatic heterocycles. The first-order chi connectivity index (χ1) is 10.6. The van der Waals surface area contributed by atoms with Gasteiger partial charge in [0.25, 0.3) is 0 Å². The van der Waals surface area contributed by atoms with Gasteiger partial charge in [0.05, 0.1) is 5.60 Å². The van der Waals surface area contributed by atoms with Crippen LogP contribution >= 0.6 is 24.0 Å². The number of aliphatic imine (C=N–C) groups is 1. The minimum Gasteiger partial charge on any atom is -0.385 e. The molecule has 1 saturated carbocycles. The van der Waals surface area contributed by atoms with E-state index in [0.717, 1.165) is 58.1 Å². The molecule has 2 rings (SSSR count). The lowest BCUT2D eigenvalue weighted by Gasteiger charge is -2.41. The molecule has 1 unspecified atom stereocenters. The predicted octanol–water partition coefficient (Wildman–Crippen LogP) is 2.94. The number of hydrogen-bond donors (Lipinski definition) is 2. The smallest absolute Gasteiger partial charge is 0.191 e. The van der Waals surface area contributed by atoms with Crippen LogP contribution in [0.5, 0.6) is 0 Å². The number of nitrogens with one attached hydrogen (secondary N) is 2. The first-order valence-corrected chi connectivity index (χ1v) is 8.77.